The Morgan fingerprint density at radius 2 is 1.84 bits per heavy atom. The predicted molar refractivity (Wildman–Crippen MR) is 86.6 cm³/mol. The second-order valence-corrected chi connectivity index (χ2v) is 6.77. The molecule has 1 amide bonds. The maximum Gasteiger partial charge on any atom is 0.345 e. The molecular weight excluding hydrogens is 352 g/mol. The van der Waals surface area contributed by atoms with Gasteiger partial charge in [0.1, 0.15) is 4.88 Å². The highest BCUT2D eigenvalue weighted by Gasteiger charge is 2.26. The van der Waals surface area contributed by atoms with E-state index in [2.05, 4.69) is 9.88 Å². The number of rotatable bonds is 4. The summed E-state index contributed by atoms with van der Waals surface area (Å²) in [5, 5.41) is 8.94. The SMILES string of the molecule is O=C(O)c1ccc(CN2CCN(C(=O)c3nc(F)ccc3F)CC2)s1. The first kappa shape index (κ1) is 17.4. The maximum absolute atomic E-state index is 13.7. The van der Waals surface area contributed by atoms with Gasteiger partial charge in [0.2, 0.25) is 5.95 Å². The van der Waals surface area contributed by atoms with Crippen LogP contribution in [0.25, 0.3) is 0 Å². The molecule has 0 aromatic carbocycles. The first-order valence-electron chi connectivity index (χ1n) is 7.59. The van der Waals surface area contributed by atoms with E-state index in [1.807, 2.05) is 0 Å². The highest BCUT2D eigenvalue weighted by atomic mass is 32.1. The minimum atomic E-state index is -0.948. The van der Waals surface area contributed by atoms with E-state index in [1.54, 1.807) is 12.1 Å². The number of pyridine rings is 1. The summed E-state index contributed by atoms with van der Waals surface area (Å²) in [5.41, 5.74) is -0.502. The Morgan fingerprint density at radius 1 is 1.12 bits per heavy atom. The van der Waals surface area contributed by atoms with Gasteiger partial charge in [-0.15, -0.1) is 11.3 Å². The Kier molecular flexibility index (Phi) is 5.05. The van der Waals surface area contributed by atoms with Crippen molar-refractivity contribution in [2.24, 2.45) is 0 Å². The molecule has 2 aromatic heterocycles. The lowest BCUT2D eigenvalue weighted by atomic mass is 10.2. The van der Waals surface area contributed by atoms with Gasteiger partial charge >= 0.3 is 5.97 Å². The van der Waals surface area contributed by atoms with Gasteiger partial charge in [-0.05, 0) is 24.3 Å². The number of thiophene rings is 1. The normalized spacial score (nSPS) is 15.4. The molecule has 9 heteroatoms. The van der Waals surface area contributed by atoms with Crippen LogP contribution < -0.4 is 0 Å². The van der Waals surface area contributed by atoms with Crippen molar-refractivity contribution in [3.05, 3.63) is 51.5 Å². The topological polar surface area (TPSA) is 73.7 Å². The number of nitrogens with zero attached hydrogens (tertiary/aromatic N) is 3. The van der Waals surface area contributed by atoms with Gasteiger partial charge in [-0.25, -0.2) is 14.2 Å². The molecule has 25 heavy (non-hydrogen) atoms. The van der Waals surface area contributed by atoms with Crippen LogP contribution in [0, 0.1) is 11.8 Å². The van der Waals surface area contributed by atoms with E-state index in [0.29, 0.717) is 32.7 Å². The fourth-order valence-corrected chi connectivity index (χ4v) is 3.51. The number of carboxylic acid groups (broad SMARTS) is 1. The minimum Gasteiger partial charge on any atom is -0.477 e. The number of carbonyl (C=O) groups excluding carboxylic acids is 1. The Labute approximate surface area is 146 Å². The average Bonchev–Trinajstić information content (AvgIpc) is 3.06. The van der Waals surface area contributed by atoms with Gasteiger partial charge in [0.05, 0.1) is 0 Å². The molecule has 1 aliphatic heterocycles. The fraction of sp³-hybridized carbons (Fsp3) is 0.312. The molecule has 0 unspecified atom stereocenters. The molecule has 3 rings (SSSR count). The van der Waals surface area contributed by atoms with Crippen LogP contribution in [-0.4, -0.2) is 57.9 Å². The van der Waals surface area contributed by atoms with Crippen molar-refractivity contribution in [2.75, 3.05) is 26.2 Å². The summed E-state index contributed by atoms with van der Waals surface area (Å²) < 4.78 is 26.8. The lowest BCUT2D eigenvalue weighted by Crippen LogP contribution is -2.48. The molecule has 0 aliphatic carbocycles. The van der Waals surface area contributed by atoms with Crippen LogP contribution in [0.4, 0.5) is 8.78 Å². The first-order valence-corrected chi connectivity index (χ1v) is 8.41. The monoisotopic (exact) mass is 367 g/mol. The highest BCUT2D eigenvalue weighted by molar-refractivity contribution is 7.13. The van der Waals surface area contributed by atoms with Gasteiger partial charge in [0, 0.05) is 37.6 Å². The molecule has 1 aliphatic rings. The molecule has 132 valence electrons. The van der Waals surface area contributed by atoms with E-state index in [1.165, 1.54) is 16.2 Å². The number of amides is 1. The zero-order chi connectivity index (χ0) is 18.0. The van der Waals surface area contributed by atoms with E-state index in [9.17, 15) is 18.4 Å². The molecule has 1 N–H and O–H groups in total. The Bertz CT molecular complexity index is 804. The van der Waals surface area contributed by atoms with E-state index in [4.69, 9.17) is 5.11 Å². The van der Waals surface area contributed by atoms with Gasteiger partial charge in [-0.3, -0.25) is 9.69 Å². The molecule has 0 saturated carbocycles. The fourth-order valence-electron chi connectivity index (χ4n) is 2.63. The molecule has 6 nitrogen and oxygen atoms in total. The van der Waals surface area contributed by atoms with Crippen molar-refractivity contribution in [2.45, 2.75) is 6.54 Å². The van der Waals surface area contributed by atoms with Crippen molar-refractivity contribution in [1.82, 2.24) is 14.8 Å². The predicted octanol–water partition coefficient (Wildman–Crippen LogP) is 2.08. The summed E-state index contributed by atoms with van der Waals surface area (Å²) in [6.07, 6.45) is 0. The largest absolute Gasteiger partial charge is 0.477 e. The van der Waals surface area contributed by atoms with Crippen molar-refractivity contribution < 1.29 is 23.5 Å². The number of piperazine rings is 1. The van der Waals surface area contributed by atoms with Crippen LogP contribution in [0.5, 0.6) is 0 Å². The van der Waals surface area contributed by atoms with Crippen LogP contribution in [0.3, 0.4) is 0 Å². The second-order valence-electron chi connectivity index (χ2n) is 5.60. The van der Waals surface area contributed by atoms with Crippen LogP contribution in [-0.2, 0) is 6.54 Å². The van der Waals surface area contributed by atoms with Crippen molar-refractivity contribution in [1.29, 1.82) is 0 Å². The molecule has 3 heterocycles. The van der Waals surface area contributed by atoms with E-state index in [-0.39, 0.29) is 4.88 Å². The van der Waals surface area contributed by atoms with Gasteiger partial charge in [-0.2, -0.15) is 4.39 Å². The number of halogens is 2. The number of carboxylic acids is 1. The molecule has 1 saturated heterocycles. The molecule has 0 radical (unpaired) electrons. The smallest absolute Gasteiger partial charge is 0.345 e. The average molecular weight is 367 g/mol. The van der Waals surface area contributed by atoms with E-state index < -0.39 is 29.3 Å². The Morgan fingerprint density at radius 3 is 2.48 bits per heavy atom. The minimum absolute atomic E-state index is 0.288. The van der Waals surface area contributed by atoms with Crippen LogP contribution >= 0.6 is 11.3 Å². The third kappa shape index (κ3) is 3.99. The third-order valence-corrected chi connectivity index (χ3v) is 4.98. The molecule has 1 fully saturated rings. The number of hydrogen-bond acceptors (Lipinski definition) is 5. The summed E-state index contributed by atoms with van der Waals surface area (Å²) in [7, 11) is 0. The Hall–Kier alpha value is -2.39. The third-order valence-electron chi connectivity index (χ3n) is 3.93. The van der Waals surface area contributed by atoms with Crippen molar-refractivity contribution in [3.8, 4) is 0 Å². The van der Waals surface area contributed by atoms with Gasteiger partial charge < -0.3 is 10.0 Å². The highest BCUT2D eigenvalue weighted by Crippen LogP contribution is 2.19. The molecule has 0 atom stereocenters. The lowest BCUT2D eigenvalue weighted by molar-refractivity contribution is 0.0616. The molecule has 2 aromatic rings. The summed E-state index contributed by atoms with van der Waals surface area (Å²) in [6.45, 7) is 2.44. The maximum atomic E-state index is 13.7. The van der Waals surface area contributed by atoms with Gasteiger partial charge in [0.25, 0.3) is 5.91 Å². The number of aromatic carboxylic acids is 1. The van der Waals surface area contributed by atoms with Crippen molar-refractivity contribution >= 4 is 23.2 Å². The first-order chi connectivity index (χ1) is 11.9. The lowest BCUT2D eigenvalue weighted by Gasteiger charge is -2.34. The van der Waals surface area contributed by atoms with Crippen LogP contribution in [0.1, 0.15) is 25.0 Å². The quantitative estimate of drug-likeness (QED) is 0.838. The van der Waals surface area contributed by atoms with Crippen LogP contribution in [0.15, 0.2) is 24.3 Å². The number of aromatic nitrogens is 1. The summed E-state index contributed by atoms with van der Waals surface area (Å²) in [5.74, 6) is -3.30. The second kappa shape index (κ2) is 7.24. The van der Waals surface area contributed by atoms with E-state index in [0.717, 1.165) is 17.0 Å². The summed E-state index contributed by atoms with van der Waals surface area (Å²) >= 11 is 1.22. The summed E-state index contributed by atoms with van der Waals surface area (Å²) in [6, 6.07) is 5.11. The zero-order valence-corrected chi connectivity index (χ0v) is 13.9. The zero-order valence-electron chi connectivity index (χ0n) is 13.1. The van der Waals surface area contributed by atoms with Crippen LogP contribution in [0.2, 0.25) is 0 Å². The van der Waals surface area contributed by atoms with E-state index >= 15 is 0 Å². The number of carbonyl (C=O) groups is 2. The molecular formula is C16H15F2N3O3S. The van der Waals surface area contributed by atoms with Gasteiger partial charge in [0.15, 0.2) is 11.5 Å². The van der Waals surface area contributed by atoms with Crippen molar-refractivity contribution in [3.63, 3.8) is 0 Å². The standard InChI is InChI=1S/C16H15F2N3O3S/c17-11-2-4-13(18)19-14(11)15(22)21-7-5-20(6-8-21)9-10-1-3-12(25-10)16(23)24/h1-4H,5-9H2,(H,23,24). The summed E-state index contributed by atoms with van der Waals surface area (Å²) in [4.78, 5) is 31.3. The Balaban J connectivity index is 1.58. The van der Waals surface area contributed by atoms with Gasteiger partial charge in [-0.1, -0.05) is 0 Å². The number of hydrogen-bond donors (Lipinski definition) is 1. The molecule has 0 spiro atoms. The molecule has 0 bridgehead atoms.